The van der Waals surface area contributed by atoms with Crippen LogP contribution in [0.1, 0.15) is 22.5 Å². The maximum atomic E-state index is 4.35. The van der Waals surface area contributed by atoms with Gasteiger partial charge in [0.15, 0.2) is 0 Å². The molecule has 0 aliphatic carbocycles. The number of aryl methyl sites for hydroxylation is 3. The fourth-order valence-corrected chi connectivity index (χ4v) is 1.75. The van der Waals surface area contributed by atoms with Crippen LogP contribution in [0.2, 0.25) is 0 Å². The van der Waals surface area contributed by atoms with Gasteiger partial charge in [0.05, 0.1) is 11.4 Å². The summed E-state index contributed by atoms with van der Waals surface area (Å²) in [6.45, 7) is 5.69. The Hall–Kier alpha value is -1.68. The lowest BCUT2D eigenvalue weighted by Gasteiger charge is -2.03. The zero-order valence-corrected chi connectivity index (χ0v) is 10.6. The van der Waals surface area contributed by atoms with Crippen molar-refractivity contribution in [1.82, 2.24) is 20.1 Å². The van der Waals surface area contributed by atoms with Gasteiger partial charge in [0.25, 0.3) is 0 Å². The van der Waals surface area contributed by atoms with Crippen molar-refractivity contribution in [2.75, 3.05) is 0 Å². The molecule has 1 N–H and O–H groups in total. The number of aromatic nitrogens is 3. The smallest absolute Gasteiger partial charge is 0.0638 e. The maximum absolute atomic E-state index is 4.35. The lowest BCUT2D eigenvalue weighted by molar-refractivity contribution is 0.676. The Kier molecular flexibility index (Phi) is 3.54. The fraction of sp³-hybridized carbons (Fsp3) is 0.385. The molecule has 0 radical (unpaired) electrons. The second kappa shape index (κ2) is 5.10. The number of hydrogen-bond acceptors (Lipinski definition) is 3. The van der Waals surface area contributed by atoms with E-state index in [1.54, 1.807) is 0 Å². The van der Waals surface area contributed by atoms with Crippen LogP contribution >= 0.6 is 0 Å². The second-order valence-corrected chi connectivity index (χ2v) is 4.34. The van der Waals surface area contributed by atoms with E-state index in [9.17, 15) is 0 Å². The van der Waals surface area contributed by atoms with Gasteiger partial charge in [-0.05, 0) is 25.5 Å². The zero-order valence-electron chi connectivity index (χ0n) is 10.6. The quantitative estimate of drug-likeness (QED) is 0.869. The van der Waals surface area contributed by atoms with E-state index in [-0.39, 0.29) is 0 Å². The summed E-state index contributed by atoms with van der Waals surface area (Å²) in [7, 11) is 1.94. The highest BCUT2D eigenvalue weighted by atomic mass is 15.2. The predicted octanol–water partition coefficient (Wildman–Crippen LogP) is 1.72. The van der Waals surface area contributed by atoms with Gasteiger partial charge in [0, 0.05) is 38.1 Å². The van der Waals surface area contributed by atoms with Crippen molar-refractivity contribution in [2.24, 2.45) is 7.05 Å². The molecule has 0 amide bonds. The summed E-state index contributed by atoms with van der Waals surface area (Å²) in [6.07, 6.45) is 3.94. The fourth-order valence-electron chi connectivity index (χ4n) is 1.75. The lowest BCUT2D eigenvalue weighted by atomic mass is 10.2. The van der Waals surface area contributed by atoms with Crippen molar-refractivity contribution in [1.29, 1.82) is 0 Å². The number of nitrogens with one attached hydrogen (secondary N) is 1. The van der Waals surface area contributed by atoms with Gasteiger partial charge >= 0.3 is 0 Å². The highest BCUT2D eigenvalue weighted by Crippen LogP contribution is 2.04. The molecule has 0 saturated carbocycles. The molecule has 0 bridgehead atoms. The van der Waals surface area contributed by atoms with Gasteiger partial charge in [-0.2, -0.15) is 5.10 Å². The molecule has 90 valence electrons. The summed E-state index contributed by atoms with van der Waals surface area (Å²) in [6, 6.07) is 4.14. The van der Waals surface area contributed by atoms with E-state index in [4.69, 9.17) is 0 Å². The summed E-state index contributed by atoms with van der Waals surface area (Å²) in [4.78, 5) is 4.35. The van der Waals surface area contributed by atoms with E-state index in [2.05, 4.69) is 27.5 Å². The predicted molar refractivity (Wildman–Crippen MR) is 67.5 cm³/mol. The van der Waals surface area contributed by atoms with E-state index < -0.39 is 0 Å². The number of nitrogens with zero attached hydrogens (tertiary/aromatic N) is 3. The summed E-state index contributed by atoms with van der Waals surface area (Å²) in [5, 5.41) is 7.69. The molecular formula is C13H18N4. The molecule has 0 spiro atoms. The van der Waals surface area contributed by atoms with Crippen molar-refractivity contribution in [3.05, 3.63) is 47.0 Å². The van der Waals surface area contributed by atoms with Crippen LogP contribution in [0, 0.1) is 13.8 Å². The van der Waals surface area contributed by atoms with E-state index in [1.165, 1.54) is 11.1 Å². The topological polar surface area (TPSA) is 42.7 Å². The van der Waals surface area contributed by atoms with Gasteiger partial charge < -0.3 is 5.32 Å². The Labute approximate surface area is 102 Å². The molecule has 0 aliphatic heterocycles. The third kappa shape index (κ3) is 3.14. The summed E-state index contributed by atoms with van der Waals surface area (Å²) in [5.74, 6) is 0. The first-order chi connectivity index (χ1) is 8.15. The van der Waals surface area contributed by atoms with Crippen molar-refractivity contribution in [2.45, 2.75) is 26.9 Å². The van der Waals surface area contributed by atoms with E-state index in [0.29, 0.717) is 0 Å². The first kappa shape index (κ1) is 11.8. The molecule has 0 aliphatic rings. The minimum absolute atomic E-state index is 0.786. The first-order valence-corrected chi connectivity index (χ1v) is 5.76. The maximum Gasteiger partial charge on any atom is 0.0638 e. The van der Waals surface area contributed by atoms with Crippen LogP contribution in [0.5, 0.6) is 0 Å². The van der Waals surface area contributed by atoms with Crippen LogP contribution < -0.4 is 5.32 Å². The molecule has 0 unspecified atom stereocenters. The number of pyridine rings is 1. The molecule has 2 aromatic rings. The van der Waals surface area contributed by atoms with Crippen molar-refractivity contribution in [3.8, 4) is 0 Å². The van der Waals surface area contributed by atoms with Gasteiger partial charge in [0.2, 0.25) is 0 Å². The summed E-state index contributed by atoms with van der Waals surface area (Å²) < 4.78 is 1.84. The Morgan fingerprint density at radius 3 is 2.65 bits per heavy atom. The van der Waals surface area contributed by atoms with Gasteiger partial charge in [-0.3, -0.25) is 9.67 Å². The molecule has 0 aromatic carbocycles. The highest BCUT2D eigenvalue weighted by Gasteiger charge is 2.02. The van der Waals surface area contributed by atoms with Crippen LogP contribution in [0.3, 0.4) is 0 Å². The number of hydrogen-bond donors (Lipinski definition) is 1. The molecule has 0 atom stereocenters. The van der Waals surface area contributed by atoms with Crippen LogP contribution in [-0.2, 0) is 20.1 Å². The van der Waals surface area contributed by atoms with Crippen LogP contribution in [0.25, 0.3) is 0 Å². The second-order valence-electron chi connectivity index (χ2n) is 4.34. The Bertz CT molecular complexity index is 485. The van der Waals surface area contributed by atoms with Crippen LogP contribution in [-0.4, -0.2) is 14.8 Å². The van der Waals surface area contributed by atoms with E-state index >= 15 is 0 Å². The highest BCUT2D eigenvalue weighted by molar-refractivity contribution is 5.15. The first-order valence-electron chi connectivity index (χ1n) is 5.76. The van der Waals surface area contributed by atoms with E-state index in [0.717, 1.165) is 24.5 Å². The molecule has 17 heavy (non-hydrogen) atoms. The molecule has 0 saturated heterocycles. The monoisotopic (exact) mass is 230 g/mol. The van der Waals surface area contributed by atoms with Gasteiger partial charge in [-0.15, -0.1) is 0 Å². The lowest BCUT2D eigenvalue weighted by Crippen LogP contribution is -2.13. The van der Waals surface area contributed by atoms with Crippen LogP contribution in [0.4, 0.5) is 0 Å². The Morgan fingerprint density at radius 1 is 1.24 bits per heavy atom. The standard InChI is InChI=1S/C13H18N4/c1-10-4-5-13(15-6-10)8-14-7-12-9-17(3)16-11(12)2/h4-6,9,14H,7-8H2,1-3H3. The Balaban J connectivity index is 1.87. The summed E-state index contributed by atoms with van der Waals surface area (Å²) >= 11 is 0. The largest absolute Gasteiger partial charge is 0.307 e. The minimum Gasteiger partial charge on any atom is -0.307 e. The number of rotatable bonds is 4. The SMILES string of the molecule is Cc1ccc(CNCc2cn(C)nc2C)nc1. The molecule has 0 fully saturated rings. The minimum atomic E-state index is 0.786. The molecule has 4 heteroatoms. The summed E-state index contributed by atoms with van der Waals surface area (Å²) in [5.41, 5.74) is 4.57. The molecular weight excluding hydrogens is 212 g/mol. The van der Waals surface area contributed by atoms with Crippen molar-refractivity contribution >= 4 is 0 Å². The Morgan fingerprint density at radius 2 is 2.06 bits per heavy atom. The molecule has 4 nitrogen and oxygen atoms in total. The van der Waals surface area contributed by atoms with Gasteiger partial charge in [-0.1, -0.05) is 6.07 Å². The zero-order chi connectivity index (χ0) is 12.3. The molecule has 2 aromatic heterocycles. The third-order valence-electron chi connectivity index (χ3n) is 2.71. The van der Waals surface area contributed by atoms with E-state index in [1.807, 2.05) is 38.0 Å². The third-order valence-corrected chi connectivity index (χ3v) is 2.71. The van der Waals surface area contributed by atoms with Gasteiger partial charge in [-0.25, -0.2) is 0 Å². The average molecular weight is 230 g/mol. The van der Waals surface area contributed by atoms with Crippen molar-refractivity contribution < 1.29 is 0 Å². The van der Waals surface area contributed by atoms with Crippen LogP contribution in [0.15, 0.2) is 24.5 Å². The average Bonchev–Trinajstić information content (AvgIpc) is 2.60. The normalized spacial score (nSPS) is 10.8. The molecule has 2 rings (SSSR count). The van der Waals surface area contributed by atoms with Crippen molar-refractivity contribution in [3.63, 3.8) is 0 Å². The van der Waals surface area contributed by atoms with Gasteiger partial charge in [0.1, 0.15) is 0 Å². The molecule has 2 heterocycles.